The third kappa shape index (κ3) is 3.95. The molecule has 0 amide bonds. The van der Waals surface area contributed by atoms with E-state index in [0.29, 0.717) is 6.42 Å². The molecule has 0 bridgehead atoms. The van der Waals surface area contributed by atoms with Crippen LogP contribution < -0.4 is 9.64 Å². The fourth-order valence-corrected chi connectivity index (χ4v) is 2.13. The number of nitrogens with zero attached hydrogens (tertiary/aromatic N) is 2. The summed E-state index contributed by atoms with van der Waals surface area (Å²) in [5.74, 6) is 0.862. The van der Waals surface area contributed by atoms with Crippen molar-refractivity contribution in [1.29, 1.82) is 0 Å². The highest BCUT2D eigenvalue weighted by Crippen LogP contribution is 2.19. The highest BCUT2D eigenvalue weighted by atomic mass is 16.5. The van der Waals surface area contributed by atoms with E-state index in [1.54, 1.807) is 13.3 Å². The van der Waals surface area contributed by atoms with Gasteiger partial charge in [-0.25, -0.2) is 0 Å². The van der Waals surface area contributed by atoms with E-state index in [9.17, 15) is 5.11 Å². The van der Waals surface area contributed by atoms with Crippen molar-refractivity contribution in [1.82, 2.24) is 4.98 Å². The van der Waals surface area contributed by atoms with Gasteiger partial charge in [-0.15, -0.1) is 0 Å². The Balaban J connectivity index is 2.03. The van der Waals surface area contributed by atoms with Crippen LogP contribution in [-0.2, 0) is 6.54 Å². The number of hydrogen-bond acceptors (Lipinski definition) is 4. The lowest BCUT2D eigenvalue weighted by Gasteiger charge is -2.20. The van der Waals surface area contributed by atoms with Gasteiger partial charge in [-0.1, -0.05) is 19.1 Å². The lowest BCUT2D eigenvalue weighted by Crippen LogP contribution is -2.16. The average molecular weight is 286 g/mol. The first-order valence-electron chi connectivity index (χ1n) is 7.12. The van der Waals surface area contributed by atoms with Crippen molar-refractivity contribution < 1.29 is 9.84 Å². The summed E-state index contributed by atoms with van der Waals surface area (Å²) < 4.78 is 5.16. The lowest BCUT2D eigenvalue weighted by atomic mass is 10.1. The SMILES string of the molecule is CC[C@@H](O)c1ccc(N(C)Cc2ccc(OC)cc2)cn1. The van der Waals surface area contributed by atoms with Crippen molar-refractivity contribution in [2.75, 3.05) is 19.1 Å². The molecule has 21 heavy (non-hydrogen) atoms. The Morgan fingerprint density at radius 1 is 1.19 bits per heavy atom. The summed E-state index contributed by atoms with van der Waals surface area (Å²) in [7, 11) is 3.69. The predicted octanol–water partition coefficient (Wildman–Crippen LogP) is 3.17. The third-order valence-corrected chi connectivity index (χ3v) is 3.52. The summed E-state index contributed by atoms with van der Waals surface area (Å²) in [6.45, 7) is 2.73. The number of hydrogen-bond donors (Lipinski definition) is 1. The zero-order valence-electron chi connectivity index (χ0n) is 12.8. The molecule has 0 radical (unpaired) electrons. The Kier molecular flexibility index (Phi) is 5.17. The molecule has 0 fully saturated rings. The number of aliphatic hydroxyl groups is 1. The topological polar surface area (TPSA) is 45.6 Å². The van der Waals surface area contributed by atoms with Gasteiger partial charge in [0.1, 0.15) is 5.75 Å². The maximum absolute atomic E-state index is 9.76. The molecule has 0 spiro atoms. The van der Waals surface area contributed by atoms with Crippen LogP contribution in [0.1, 0.15) is 30.7 Å². The standard InChI is InChI=1S/C17H22N2O2/c1-4-17(20)16-10-7-14(11-18-16)19(2)12-13-5-8-15(21-3)9-6-13/h5-11,17,20H,4,12H2,1-3H3/t17-/m1/s1. The molecule has 112 valence electrons. The molecule has 0 saturated carbocycles. The molecule has 0 aliphatic carbocycles. The number of rotatable bonds is 6. The number of aliphatic hydroxyl groups excluding tert-OH is 1. The molecule has 0 saturated heterocycles. The molecular formula is C17H22N2O2. The first-order valence-corrected chi connectivity index (χ1v) is 7.12. The van der Waals surface area contributed by atoms with E-state index in [0.717, 1.165) is 23.7 Å². The van der Waals surface area contributed by atoms with Crippen molar-refractivity contribution in [3.63, 3.8) is 0 Å². The van der Waals surface area contributed by atoms with Crippen LogP contribution in [0.5, 0.6) is 5.75 Å². The summed E-state index contributed by atoms with van der Waals surface area (Å²) in [6, 6.07) is 11.9. The van der Waals surface area contributed by atoms with Gasteiger partial charge in [0.25, 0.3) is 0 Å². The van der Waals surface area contributed by atoms with Crippen LogP contribution in [0.2, 0.25) is 0 Å². The highest BCUT2D eigenvalue weighted by molar-refractivity contribution is 5.45. The van der Waals surface area contributed by atoms with Gasteiger partial charge in [-0.3, -0.25) is 4.98 Å². The molecular weight excluding hydrogens is 264 g/mol. The van der Waals surface area contributed by atoms with Crippen LogP contribution in [0.25, 0.3) is 0 Å². The maximum atomic E-state index is 9.76. The molecule has 0 unspecified atom stereocenters. The van der Waals surface area contributed by atoms with Crippen molar-refractivity contribution in [2.24, 2.45) is 0 Å². The maximum Gasteiger partial charge on any atom is 0.118 e. The Hall–Kier alpha value is -2.07. The largest absolute Gasteiger partial charge is 0.497 e. The summed E-state index contributed by atoms with van der Waals surface area (Å²) in [4.78, 5) is 6.45. The Morgan fingerprint density at radius 2 is 1.90 bits per heavy atom. The van der Waals surface area contributed by atoms with Crippen LogP contribution >= 0.6 is 0 Å². The van der Waals surface area contributed by atoms with Crippen LogP contribution in [0.4, 0.5) is 5.69 Å². The smallest absolute Gasteiger partial charge is 0.118 e. The van der Waals surface area contributed by atoms with E-state index in [-0.39, 0.29) is 0 Å². The monoisotopic (exact) mass is 286 g/mol. The van der Waals surface area contributed by atoms with Gasteiger partial charge in [0.2, 0.25) is 0 Å². The van der Waals surface area contributed by atoms with Crippen LogP contribution in [0, 0.1) is 0 Å². The van der Waals surface area contributed by atoms with Gasteiger partial charge in [0.05, 0.1) is 30.8 Å². The van der Waals surface area contributed by atoms with Gasteiger partial charge in [0.15, 0.2) is 0 Å². The normalized spacial score (nSPS) is 12.0. The fraction of sp³-hybridized carbons (Fsp3) is 0.353. The van der Waals surface area contributed by atoms with Crippen molar-refractivity contribution in [3.8, 4) is 5.75 Å². The first-order chi connectivity index (χ1) is 10.1. The molecule has 1 aromatic carbocycles. The zero-order chi connectivity index (χ0) is 15.2. The first kappa shape index (κ1) is 15.3. The van der Waals surface area contributed by atoms with E-state index in [1.807, 2.05) is 38.2 Å². The van der Waals surface area contributed by atoms with Crippen LogP contribution in [-0.4, -0.2) is 24.2 Å². The second kappa shape index (κ2) is 7.09. The molecule has 4 heteroatoms. The molecule has 1 aromatic heterocycles. The van der Waals surface area contributed by atoms with Gasteiger partial charge in [-0.05, 0) is 36.2 Å². The molecule has 0 aliphatic rings. The van der Waals surface area contributed by atoms with Crippen LogP contribution in [0.15, 0.2) is 42.6 Å². The van der Waals surface area contributed by atoms with Crippen molar-refractivity contribution in [3.05, 3.63) is 53.9 Å². The number of anilines is 1. The van der Waals surface area contributed by atoms with E-state index >= 15 is 0 Å². The summed E-state index contributed by atoms with van der Waals surface area (Å²) in [5, 5.41) is 9.76. The minimum absolute atomic E-state index is 0.481. The Labute approximate surface area is 126 Å². The average Bonchev–Trinajstić information content (AvgIpc) is 2.55. The van der Waals surface area contributed by atoms with E-state index < -0.39 is 6.10 Å². The number of ether oxygens (including phenoxy) is 1. The summed E-state index contributed by atoms with van der Waals surface area (Å²) in [6.07, 6.45) is 2.00. The Morgan fingerprint density at radius 3 is 2.43 bits per heavy atom. The molecule has 1 heterocycles. The van der Waals surface area contributed by atoms with Crippen molar-refractivity contribution >= 4 is 5.69 Å². The van der Waals surface area contributed by atoms with E-state index in [2.05, 4.69) is 22.0 Å². The van der Waals surface area contributed by atoms with E-state index in [4.69, 9.17) is 4.74 Å². The summed E-state index contributed by atoms with van der Waals surface area (Å²) >= 11 is 0. The second-order valence-corrected chi connectivity index (χ2v) is 5.07. The number of benzene rings is 1. The molecule has 1 N–H and O–H groups in total. The van der Waals surface area contributed by atoms with Gasteiger partial charge in [0, 0.05) is 13.6 Å². The minimum atomic E-state index is -0.481. The van der Waals surface area contributed by atoms with Gasteiger partial charge >= 0.3 is 0 Å². The number of pyridine rings is 1. The zero-order valence-corrected chi connectivity index (χ0v) is 12.8. The Bertz CT molecular complexity index is 552. The second-order valence-electron chi connectivity index (χ2n) is 5.07. The van der Waals surface area contributed by atoms with Crippen molar-refractivity contribution in [2.45, 2.75) is 26.0 Å². The number of aromatic nitrogens is 1. The molecule has 0 aliphatic heterocycles. The minimum Gasteiger partial charge on any atom is -0.497 e. The molecule has 1 atom stereocenters. The highest BCUT2D eigenvalue weighted by Gasteiger charge is 2.08. The fourth-order valence-electron chi connectivity index (χ4n) is 2.13. The van der Waals surface area contributed by atoms with E-state index in [1.165, 1.54) is 5.56 Å². The summed E-state index contributed by atoms with van der Waals surface area (Å²) in [5.41, 5.74) is 2.95. The quantitative estimate of drug-likeness (QED) is 0.886. The number of methoxy groups -OCH3 is 1. The predicted molar refractivity (Wildman–Crippen MR) is 84.6 cm³/mol. The molecule has 4 nitrogen and oxygen atoms in total. The van der Waals surface area contributed by atoms with Gasteiger partial charge in [-0.2, -0.15) is 0 Å². The third-order valence-electron chi connectivity index (χ3n) is 3.52. The molecule has 2 aromatic rings. The van der Waals surface area contributed by atoms with Gasteiger partial charge < -0.3 is 14.7 Å². The van der Waals surface area contributed by atoms with Crippen LogP contribution in [0.3, 0.4) is 0 Å². The lowest BCUT2D eigenvalue weighted by molar-refractivity contribution is 0.169. The molecule has 2 rings (SSSR count).